The maximum atomic E-state index is 2.42. The summed E-state index contributed by atoms with van der Waals surface area (Å²) in [6.45, 7) is 10.2. The summed E-state index contributed by atoms with van der Waals surface area (Å²) in [6.07, 6.45) is 2.49. The van der Waals surface area contributed by atoms with Crippen LogP contribution in [0.4, 0.5) is 0 Å². The van der Waals surface area contributed by atoms with E-state index in [9.17, 15) is 0 Å². The summed E-state index contributed by atoms with van der Waals surface area (Å²) < 4.78 is 0. The first kappa shape index (κ1) is 14.0. The quantitative estimate of drug-likeness (QED) is 0.709. The van der Waals surface area contributed by atoms with Gasteiger partial charge in [-0.25, -0.2) is 0 Å². The molecule has 0 aromatic heterocycles. The van der Waals surface area contributed by atoms with Crippen molar-refractivity contribution in [3.05, 3.63) is 0 Å². The molecule has 0 amide bonds. The summed E-state index contributed by atoms with van der Waals surface area (Å²) in [5.74, 6) is 0. The summed E-state index contributed by atoms with van der Waals surface area (Å²) in [6, 6.07) is 0. The number of nitrogens with zero attached hydrogens (tertiary/aromatic N) is 1. The second-order valence-electron chi connectivity index (χ2n) is 3.22. The van der Waals surface area contributed by atoms with Crippen molar-refractivity contribution in [3.63, 3.8) is 0 Å². The summed E-state index contributed by atoms with van der Waals surface area (Å²) in [4.78, 5) is 2.42. The second kappa shape index (κ2) is 6.01. The minimum Gasteiger partial charge on any atom is -0.301 e. The zero-order valence-electron chi connectivity index (χ0n) is 8.48. The number of hydrogen-bond donors (Lipinski definition) is 0. The Morgan fingerprint density at radius 1 is 1.09 bits per heavy atom. The van der Waals surface area contributed by atoms with Gasteiger partial charge in [-0.1, -0.05) is 20.8 Å². The van der Waals surface area contributed by atoms with E-state index >= 15 is 0 Å². The van der Waals surface area contributed by atoms with Crippen LogP contribution >= 0.6 is 17.0 Å². The van der Waals surface area contributed by atoms with Crippen LogP contribution in [0.15, 0.2) is 0 Å². The van der Waals surface area contributed by atoms with E-state index in [1.807, 2.05) is 0 Å². The fraction of sp³-hybridized carbons (Fsp3) is 1.00. The van der Waals surface area contributed by atoms with E-state index in [1.54, 1.807) is 0 Å². The lowest BCUT2D eigenvalue weighted by Gasteiger charge is -2.36. The molecule has 0 N–H and O–H groups in total. The van der Waals surface area contributed by atoms with E-state index in [0.29, 0.717) is 5.54 Å². The van der Waals surface area contributed by atoms with Crippen LogP contribution in [-0.4, -0.2) is 24.0 Å². The molecular weight excluding hydrogens is 202 g/mol. The van der Waals surface area contributed by atoms with Gasteiger partial charge in [0.15, 0.2) is 0 Å². The minimum absolute atomic E-state index is 0. The standard InChI is InChI=1S/C9H21N.BrH/c1-6-9(4,7-2)10(5)8-3;/h6-8H2,1-5H3;1H. The Kier molecular flexibility index (Phi) is 7.65. The molecule has 0 saturated heterocycles. The average molecular weight is 224 g/mol. The van der Waals surface area contributed by atoms with E-state index < -0.39 is 0 Å². The molecule has 1 nitrogen and oxygen atoms in total. The van der Waals surface area contributed by atoms with Crippen LogP contribution in [0.5, 0.6) is 0 Å². The van der Waals surface area contributed by atoms with Gasteiger partial charge in [0.2, 0.25) is 0 Å². The van der Waals surface area contributed by atoms with Crippen LogP contribution in [0.2, 0.25) is 0 Å². The highest BCUT2D eigenvalue weighted by Gasteiger charge is 2.22. The van der Waals surface area contributed by atoms with Gasteiger partial charge >= 0.3 is 0 Å². The van der Waals surface area contributed by atoms with Crippen molar-refractivity contribution in [1.29, 1.82) is 0 Å². The zero-order chi connectivity index (χ0) is 8.20. The molecule has 0 rings (SSSR count). The molecular formula is C9H22BrN. The Morgan fingerprint density at radius 2 is 1.45 bits per heavy atom. The number of hydrogen-bond acceptors (Lipinski definition) is 1. The molecule has 0 atom stereocenters. The van der Waals surface area contributed by atoms with Crippen molar-refractivity contribution in [3.8, 4) is 0 Å². The third-order valence-corrected chi connectivity index (χ3v) is 2.92. The molecule has 0 aromatic carbocycles. The molecule has 0 aliphatic heterocycles. The maximum Gasteiger partial charge on any atom is 0.0173 e. The third kappa shape index (κ3) is 3.57. The SMILES string of the molecule is Br.CCN(C)C(C)(CC)CC. The molecule has 70 valence electrons. The predicted octanol–water partition coefficient (Wildman–Crippen LogP) is 3.09. The molecule has 0 fully saturated rings. The molecule has 0 saturated carbocycles. The van der Waals surface area contributed by atoms with Gasteiger partial charge in [-0.05, 0) is 33.4 Å². The predicted molar refractivity (Wildman–Crippen MR) is 57.6 cm³/mol. The molecule has 0 aliphatic carbocycles. The smallest absolute Gasteiger partial charge is 0.0173 e. The molecule has 0 bridgehead atoms. The fourth-order valence-electron chi connectivity index (χ4n) is 1.17. The zero-order valence-corrected chi connectivity index (χ0v) is 10.2. The first-order valence-electron chi connectivity index (χ1n) is 4.32. The van der Waals surface area contributed by atoms with Gasteiger partial charge in [-0.15, -0.1) is 17.0 Å². The van der Waals surface area contributed by atoms with E-state index in [2.05, 4.69) is 39.6 Å². The monoisotopic (exact) mass is 223 g/mol. The van der Waals surface area contributed by atoms with Crippen molar-refractivity contribution in [2.75, 3.05) is 13.6 Å². The highest BCUT2D eigenvalue weighted by Crippen LogP contribution is 2.20. The summed E-state index contributed by atoms with van der Waals surface area (Å²) in [7, 11) is 2.20. The van der Waals surface area contributed by atoms with Gasteiger partial charge in [0.25, 0.3) is 0 Å². The number of halogens is 1. The normalized spacial score (nSPS) is 11.5. The average Bonchev–Trinajstić information content (AvgIpc) is 2.01. The lowest BCUT2D eigenvalue weighted by atomic mass is 9.94. The Bertz CT molecular complexity index is 89.6. The highest BCUT2D eigenvalue weighted by atomic mass is 79.9. The Morgan fingerprint density at radius 3 is 1.55 bits per heavy atom. The molecule has 0 radical (unpaired) electrons. The molecule has 0 heterocycles. The summed E-state index contributed by atoms with van der Waals surface area (Å²) in [5.41, 5.74) is 0.425. The van der Waals surface area contributed by atoms with Gasteiger partial charge < -0.3 is 4.90 Å². The largest absolute Gasteiger partial charge is 0.301 e. The van der Waals surface area contributed by atoms with Crippen molar-refractivity contribution in [2.24, 2.45) is 0 Å². The van der Waals surface area contributed by atoms with Crippen LogP contribution in [0.25, 0.3) is 0 Å². The van der Waals surface area contributed by atoms with Crippen LogP contribution in [0, 0.1) is 0 Å². The molecule has 0 aliphatic rings. The molecule has 0 unspecified atom stereocenters. The van der Waals surface area contributed by atoms with Crippen molar-refractivity contribution < 1.29 is 0 Å². The van der Waals surface area contributed by atoms with E-state index in [1.165, 1.54) is 12.8 Å². The Hall–Kier alpha value is 0.440. The highest BCUT2D eigenvalue weighted by molar-refractivity contribution is 8.93. The van der Waals surface area contributed by atoms with Gasteiger partial charge in [-0.3, -0.25) is 0 Å². The van der Waals surface area contributed by atoms with Gasteiger partial charge in [-0.2, -0.15) is 0 Å². The maximum absolute atomic E-state index is 2.42. The van der Waals surface area contributed by atoms with Crippen LogP contribution < -0.4 is 0 Å². The molecule has 0 spiro atoms. The van der Waals surface area contributed by atoms with Crippen molar-refractivity contribution in [1.82, 2.24) is 4.90 Å². The minimum atomic E-state index is 0. The lowest BCUT2D eigenvalue weighted by Crippen LogP contribution is -2.42. The van der Waals surface area contributed by atoms with Crippen molar-refractivity contribution in [2.45, 2.75) is 46.1 Å². The Balaban J connectivity index is 0. The first-order valence-corrected chi connectivity index (χ1v) is 4.32. The first-order chi connectivity index (χ1) is 4.60. The second-order valence-corrected chi connectivity index (χ2v) is 3.22. The third-order valence-electron chi connectivity index (χ3n) is 2.92. The van der Waals surface area contributed by atoms with E-state index in [0.717, 1.165) is 6.54 Å². The van der Waals surface area contributed by atoms with Gasteiger partial charge in [0, 0.05) is 5.54 Å². The van der Waals surface area contributed by atoms with Gasteiger partial charge in [0.1, 0.15) is 0 Å². The van der Waals surface area contributed by atoms with E-state index in [4.69, 9.17) is 0 Å². The molecule has 11 heavy (non-hydrogen) atoms. The Labute approximate surface area is 81.9 Å². The fourth-order valence-corrected chi connectivity index (χ4v) is 1.17. The van der Waals surface area contributed by atoms with Crippen LogP contribution in [0.1, 0.15) is 40.5 Å². The lowest BCUT2D eigenvalue weighted by molar-refractivity contribution is 0.134. The number of rotatable bonds is 4. The van der Waals surface area contributed by atoms with E-state index in [-0.39, 0.29) is 17.0 Å². The topological polar surface area (TPSA) is 3.24 Å². The van der Waals surface area contributed by atoms with Crippen LogP contribution in [-0.2, 0) is 0 Å². The molecule has 2 heteroatoms. The van der Waals surface area contributed by atoms with Crippen LogP contribution in [0.3, 0.4) is 0 Å². The summed E-state index contributed by atoms with van der Waals surface area (Å²) >= 11 is 0. The van der Waals surface area contributed by atoms with Gasteiger partial charge in [0.05, 0.1) is 0 Å². The summed E-state index contributed by atoms with van der Waals surface area (Å²) in [5, 5.41) is 0. The van der Waals surface area contributed by atoms with Crippen molar-refractivity contribution >= 4 is 17.0 Å². The molecule has 0 aromatic rings.